The van der Waals surface area contributed by atoms with Gasteiger partial charge in [-0.15, -0.1) is 0 Å². The van der Waals surface area contributed by atoms with Gasteiger partial charge >= 0.3 is 0 Å². The summed E-state index contributed by atoms with van der Waals surface area (Å²) in [5, 5.41) is 6.70. The highest BCUT2D eigenvalue weighted by Gasteiger charge is 2.07. The zero-order valence-corrected chi connectivity index (χ0v) is 14.8. The summed E-state index contributed by atoms with van der Waals surface area (Å²) in [6, 6.07) is 12.6. The molecule has 0 spiro atoms. The van der Waals surface area contributed by atoms with Gasteiger partial charge in [0.2, 0.25) is 5.95 Å². The zero-order valence-electron chi connectivity index (χ0n) is 14.1. The van der Waals surface area contributed by atoms with Crippen LogP contribution in [-0.2, 0) is 6.42 Å². The second-order valence-electron chi connectivity index (χ2n) is 5.77. The van der Waals surface area contributed by atoms with E-state index in [4.69, 9.17) is 11.6 Å². The molecule has 0 fully saturated rings. The largest absolute Gasteiger partial charge is 0.354 e. The van der Waals surface area contributed by atoms with Crippen LogP contribution in [0.25, 0.3) is 0 Å². The van der Waals surface area contributed by atoms with Crippen molar-refractivity contribution in [3.8, 4) is 0 Å². The third kappa shape index (κ3) is 4.89. The van der Waals surface area contributed by atoms with Gasteiger partial charge < -0.3 is 10.6 Å². The van der Waals surface area contributed by atoms with Gasteiger partial charge in [-0.2, -0.15) is 4.98 Å². The fourth-order valence-corrected chi connectivity index (χ4v) is 2.54. The molecular weight excluding hydrogens is 358 g/mol. The normalized spacial score (nSPS) is 10.6. The fourth-order valence-electron chi connectivity index (χ4n) is 2.41. The van der Waals surface area contributed by atoms with Gasteiger partial charge in [-0.1, -0.05) is 23.7 Å². The maximum absolute atomic E-state index is 13.8. The second-order valence-corrected chi connectivity index (χ2v) is 6.21. The average molecular weight is 375 g/mol. The molecule has 134 valence electrons. The lowest BCUT2D eigenvalue weighted by atomic mass is 10.1. The summed E-state index contributed by atoms with van der Waals surface area (Å²) in [4.78, 5) is 8.64. The Morgan fingerprint density at radius 1 is 1.00 bits per heavy atom. The quantitative estimate of drug-likeness (QED) is 0.629. The molecule has 1 heterocycles. The Morgan fingerprint density at radius 3 is 2.50 bits per heavy atom. The number of anilines is 3. The summed E-state index contributed by atoms with van der Waals surface area (Å²) in [7, 11) is 0. The molecule has 7 heteroatoms. The van der Waals surface area contributed by atoms with Crippen LogP contribution in [0.5, 0.6) is 0 Å². The average Bonchev–Trinajstić information content (AvgIpc) is 2.59. The van der Waals surface area contributed by atoms with Crippen LogP contribution in [0.3, 0.4) is 0 Å². The molecule has 0 aliphatic rings. The van der Waals surface area contributed by atoms with Gasteiger partial charge in [-0.25, -0.2) is 13.8 Å². The molecule has 0 saturated heterocycles. The van der Waals surface area contributed by atoms with E-state index in [1.54, 1.807) is 6.07 Å². The lowest BCUT2D eigenvalue weighted by Crippen LogP contribution is -2.10. The molecule has 0 radical (unpaired) electrons. The number of halogens is 3. The highest BCUT2D eigenvalue weighted by Crippen LogP contribution is 2.20. The first-order valence-electron chi connectivity index (χ1n) is 8.06. The van der Waals surface area contributed by atoms with Crippen molar-refractivity contribution < 1.29 is 8.78 Å². The minimum atomic E-state index is -0.682. The molecule has 3 rings (SSSR count). The van der Waals surface area contributed by atoms with Gasteiger partial charge in [-0.3, -0.25) is 0 Å². The Hall–Kier alpha value is -2.73. The third-order valence-electron chi connectivity index (χ3n) is 3.66. The number of hydrogen-bond acceptors (Lipinski definition) is 4. The molecule has 0 aliphatic heterocycles. The first-order chi connectivity index (χ1) is 12.5. The van der Waals surface area contributed by atoms with Crippen LogP contribution in [0.1, 0.15) is 11.3 Å². The minimum Gasteiger partial charge on any atom is -0.354 e. The number of hydrogen-bond donors (Lipinski definition) is 2. The van der Waals surface area contributed by atoms with E-state index in [1.165, 1.54) is 12.1 Å². The van der Waals surface area contributed by atoms with E-state index >= 15 is 0 Å². The molecule has 1 aromatic heterocycles. The van der Waals surface area contributed by atoms with Gasteiger partial charge in [0, 0.05) is 29.4 Å². The van der Waals surface area contributed by atoms with Crippen LogP contribution in [0.4, 0.5) is 26.2 Å². The zero-order chi connectivity index (χ0) is 18.5. The molecule has 0 bridgehead atoms. The Morgan fingerprint density at radius 2 is 1.77 bits per heavy atom. The number of rotatable bonds is 6. The topological polar surface area (TPSA) is 49.8 Å². The summed E-state index contributed by atoms with van der Waals surface area (Å²) >= 11 is 5.87. The molecule has 26 heavy (non-hydrogen) atoms. The SMILES string of the molecule is Cc1cc(Nc2ccc(F)cc2F)nc(NCCc2ccc(Cl)cc2)n1. The summed E-state index contributed by atoms with van der Waals surface area (Å²) in [6.45, 7) is 2.45. The van der Waals surface area contributed by atoms with Crippen LogP contribution in [0, 0.1) is 18.6 Å². The van der Waals surface area contributed by atoms with E-state index in [-0.39, 0.29) is 5.69 Å². The van der Waals surface area contributed by atoms with Crippen LogP contribution >= 0.6 is 11.6 Å². The smallest absolute Gasteiger partial charge is 0.224 e. The Labute approximate surface area is 155 Å². The molecule has 2 N–H and O–H groups in total. The van der Waals surface area contributed by atoms with Crippen LogP contribution in [-0.4, -0.2) is 16.5 Å². The van der Waals surface area contributed by atoms with Crippen molar-refractivity contribution >= 4 is 29.1 Å². The predicted molar refractivity (Wildman–Crippen MR) is 100 cm³/mol. The molecule has 0 saturated carbocycles. The third-order valence-corrected chi connectivity index (χ3v) is 3.91. The van der Waals surface area contributed by atoms with Gasteiger partial charge in [0.05, 0.1) is 5.69 Å². The fraction of sp³-hybridized carbons (Fsp3) is 0.158. The summed E-state index contributed by atoms with van der Waals surface area (Å²) < 4.78 is 26.8. The molecule has 3 aromatic rings. The van der Waals surface area contributed by atoms with Gasteiger partial charge in [-0.05, 0) is 43.2 Å². The van der Waals surface area contributed by atoms with E-state index in [0.29, 0.717) is 23.3 Å². The van der Waals surface area contributed by atoms with Crippen LogP contribution in [0.2, 0.25) is 5.02 Å². The van der Waals surface area contributed by atoms with Crippen molar-refractivity contribution in [2.45, 2.75) is 13.3 Å². The number of nitrogens with zero attached hydrogens (tertiary/aromatic N) is 2. The van der Waals surface area contributed by atoms with E-state index in [2.05, 4.69) is 20.6 Å². The number of nitrogens with one attached hydrogen (secondary N) is 2. The van der Waals surface area contributed by atoms with Crippen molar-refractivity contribution in [3.63, 3.8) is 0 Å². The lowest BCUT2D eigenvalue weighted by molar-refractivity contribution is 0.586. The van der Waals surface area contributed by atoms with E-state index in [0.717, 1.165) is 23.7 Å². The molecule has 0 atom stereocenters. The maximum atomic E-state index is 13.8. The predicted octanol–water partition coefficient (Wildman–Crippen LogP) is 5.11. The van der Waals surface area contributed by atoms with Crippen molar-refractivity contribution in [1.82, 2.24) is 9.97 Å². The number of aromatic nitrogens is 2. The molecule has 0 unspecified atom stereocenters. The molecular formula is C19H17ClF2N4. The Bertz CT molecular complexity index is 901. The lowest BCUT2D eigenvalue weighted by Gasteiger charge is -2.11. The van der Waals surface area contributed by atoms with Crippen molar-refractivity contribution in [2.24, 2.45) is 0 Å². The standard InChI is InChI=1S/C19H17ClF2N4/c1-12-10-18(25-17-7-6-15(21)11-16(17)22)26-19(24-12)23-9-8-13-2-4-14(20)5-3-13/h2-7,10-11H,8-9H2,1H3,(H2,23,24,25,26). The van der Waals surface area contributed by atoms with E-state index in [9.17, 15) is 8.78 Å². The van der Waals surface area contributed by atoms with Gasteiger partial charge in [0.1, 0.15) is 17.5 Å². The highest BCUT2D eigenvalue weighted by atomic mass is 35.5. The number of benzene rings is 2. The monoisotopic (exact) mass is 374 g/mol. The first kappa shape index (κ1) is 18.1. The van der Waals surface area contributed by atoms with Crippen LogP contribution < -0.4 is 10.6 Å². The van der Waals surface area contributed by atoms with Crippen molar-refractivity contribution in [3.05, 3.63) is 76.4 Å². The highest BCUT2D eigenvalue weighted by molar-refractivity contribution is 6.30. The van der Waals surface area contributed by atoms with Crippen molar-refractivity contribution in [1.29, 1.82) is 0 Å². The van der Waals surface area contributed by atoms with Crippen LogP contribution in [0.15, 0.2) is 48.5 Å². The molecule has 0 amide bonds. The first-order valence-corrected chi connectivity index (χ1v) is 8.43. The summed E-state index contributed by atoms with van der Waals surface area (Å²) in [5.41, 5.74) is 2.01. The Balaban J connectivity index is 1.66. The van der Waals surface area contributed by atoms with Gasteiger partial charge in [0.25, 0.3) is 0 Å². The Kier molecular flexibility index (Phi) is 5.63. The second kappa shape index (κ2) is 8.10. The van der Waals surface area contributed by atoms with E-state index < -0.39 is 11.6 Å². The molecule has 2 aromatic carbocycles. The molecule has 0 aliphatic carbocycles. The minimum absolute atomic E-state index is 0.150. The summed E-state index contributed by atoms with van der Waals surface area (Å²) in [5.74, 6) is -0.448. The van der Waals surface area contributed by atoms with Crippen molar-refractivity contribution in [2.75, 3.05) is 17.2 Å². The molecule has 4 nitrogen and oxygen atoms in total. The van der Waals surface area contributed by atoms with Gasteiger partial charge in [0.15, 0.2) is 0 Å². The van der Waals surface area contributed by atoms with E-state index in [1.807, 2.05) is 31.2 Å². The number of aryl methyl sites for hydroxylation is 1. The maximum Gasteiger partial charge on any atom is 0.224 e. The summed E-state index contributed by atoms with van der Waals surface area (Å²) in [6.07, 6.45) is 0.782.